The van der Waals surface area contributed by atoms with Crippen LogP contribution in [0.15, 0.2) is 22.9 Å². The molecular formula is C15H25BrN2O. The molecule has 0 bridgehead atoms. The fourth-order valence-electron chi connectivity index (χ4n) is 2.33. The second kappa shape index (κ2) is 7.36. The third-order valence-electron chi connectivity index (χ3n) is 3.15. The zero-order valence-electron chi connectivity index (χ0n) is 12.5. The molecule has 0 aromatic carbocycles. The third-order valence-corrected chi connectivity index (χ3v) is 3.59. The van der Waals surface area contributed by atoms with Gasteiger partial charge >= 0.3 is 0 Å². The average molecular weight is 329 g/mol. The number of hydrogen-bond acceptors (Lipinski definition) is 3. The van der Waals surface area contributed by atoms with E-state index in [2.05, 4.69) is 53.1 Å². The lowest BCUT2D eigenvalue weighted by molar-refractivity contribution is -0.0340. The van der Waals surface area contributed by atoms with E-state index < -0.39 is 0 Å². The Morgan fingerprint density at radius 3 is 2.53 bits per heavy atom. The van der Waals surface area contributed by atoms with E-state index in [0.29, 0.717) is 0 Å². The Balaban J connectivity index is 2.86. The van der Waals surface area contributed by atoms with Crippen LogP contribution in [-0.4, -0.2) is 30.8 Å². The molecule has 1 aromatic heterocycles. The normalized spacial score (nSPS) is 15.3. The van der Waals surface area contributed by atoms with Crippen LogP contribution in [0.3, 0.4) is 0 Å². The molecule has 4 heteroatoms. The van der Waals surface area contributed by atoms with E-state index in [4.69, 9.17) is 4.74 Å². The first-order chi connectivity index (χ1) is 8.88. The highest BCUT2D eigenvalue weighted by Crippen LogP contribution is 2.27. The number of halogens is 1. The highest BCUT2D eigenvalue weighted by molar-refractivity contribution is 9.10. The lowest BCUT2D eigenvalue weighted by Crippen LogP contribution is -2.48. The molecule has 0 spiro atoms. The summed E-state index contributed by atoms with van der Waals surface area (Å²) in [4.78, 5) is 4.22. The summed E-state index contributed by atoms with van der Waals surface area (Å²) >= 11 is 3.47. The molecule has 1 aromatic rings. The van der Waals surface area contributed by atoms with Gasteiger partial charge in [0.15, 0.2) is 0 Å². The summed E-state index contributed by atoms with van der Waals surface area (Å²) in [5, 5.41) is 3.39. The standard InChI is InChI=1S/C15H25BrN2O/c1-6-19-14(15(2,3)4)13(17-5)8-11-7-12(16)10-18-9-11/h7,9-10,13-14,17H,6,8H2,1-5H3. The minimum atomic E-state index is 0.100. The molecule has 1 heterocycles. The summed E-state index contributed by atoms with van der Waals surface area (Å²) in [6.07, 6.45) is 4.80. The van der Waals surface area contributed by atoms with Crippen LogP contribution in [0.2, 0.25) is 0 Å². The summed E-state index contributed by atoms with van der Waals surface area (Å²) in [6, 6.07) is 2.39. The molecule has 2 atom stereocenters. The van der Waals surface area contributed by atoms with E-state index in [1.807, 2.05) is 26.4 Å². The van der Waals surface area contributed by atoms with Gasteiger partial charge in [-0.25, -0.2) is 0 Å². The Bertz CT molecular complexity index is 390. The van der Waals surface area contributed by atoms with Crippen LogP contribution >= 0.6 is 15.9 Å². The van der Waals surface area contributed by atoms with Gasteiger partial charge in [-0.15, -0.1) is 0 Å². The Labute approximate surface area is 125 Å². The van der Waals surface area contributed by atoms with Crippen molar-refractivity contribution in [2.75, 3.05) is 13.7 Å². The van der Waals surface area contributed by atoms with E-state index >= 15 is 0 Å². The van der Waals surface area contributed by atoms with Crippen LogP contribution in [0, 0.1) is 5.41 Å². The molecule has 0 saturated heterocycles. The maximum absolute atomic E-state index is 5.97. The van der Waals surface area contributed by atoms with Gasteiger partial charge in [-0.3, -0.25) is 4.98 Å². The summed E-state index contributed by atoms with van der Waals surface area (Å²) in [5.41, 5.74) is 1.31. The van der Waals surface area contributed by atoms with Crippen molar-refractivity contribution >= 4 is 15.9 Å². The van der Waals surface area contributed by atoms with Gasteiger partial charge in [-0.1, -0.05) is 20.8 Å². The zero-order valence-corrected chi connectivity index (χ0v) is 14.1. The maximum atomic E-state index is 5.97. The molecule has 0 aliphatic rings. The number of aromatic nitrogens is 1. The lowest BCUT2D eigenvalue weighted by atomic mass is 9.82. The summed E-state index contributed by atoms with van der Waals surface area (Å²) in [6.45, 7) is 9.44. The molecular weight excluding hydrogens is 304 g/mol. The summed E-state index contributed by atoms with van der Waals surface area (Å²) in [7, 11) is 1.99. The molecule has 2 unspecified atom stereocenters. The van der Waals surface area contributed by atoms with Crippen molar-refractivity contribution < 1.29 is 4.74 Å². The minimum Gasteiger partial charge on any atom is -0.376 e. The van der Waals surface area contributed by atoms with Crippen molar-refractivity contribution in [3.8, 4) is 0 Å². The lowest BCUT2D eigenvalue weighted by Gasteiger charge is -2.36. The second-order valence-electron chi connectivity index (χ2n) is 5.85. The van der Waals surface area contributed by atoms with Crippen LogP contribution in [0.25, 0.3) is 0 Å². The van der Waals surface area contributed by atoms with Crippen molar-refractivity contribution in [3.63, 3.8) is 0 Å². The van der Waals surface area contributed by atoms with E-state index in [1.165, 1.54) is 5.56 Å². The van der Waals surface area contributed by atoms with Crippen molar-refractivity contribution in [2.24, 2.45) is 5.41 Å². The molecule has 1 N–H and O–H groups in total. The van der Waals surface area contributed by atoms with Crippen molar-refractivity contribution in [2.45, 2.75) is 46.3 Å². The van der Waals surface area contributed by atoms with Crippen LogP contribution in [0.1, 0.15) is 33.3 Å². The van der Waals surface area contributed by atoms with E-state index in [1.54, 1.807) is 0 Å². The number of ether oxygens (including phenoxy) is 1. The summed E-state index contributed by atoms with van der Waals surface area (Å²) < 4.78 is 6.98. The SMILES string of the molecule is CCOC(C(Cc1cncc(Br)c1)NC)C(C)(C)C. The molecule has 0 aliphatic carbocycles. The number of nitrogens with one attached hydrogen (secondary N) is 1. The van der Waals surface area contributed by atoms with Gasteiger partial charge in [-0.2, -0.15) is 0 Å². The highest BCUT2D eigenvalue weighted by Gasteiger charge is 2.32. The molecule has 108 valence electrons. The Morgan fingerprint density at radius 2 is 2.05 bits per heavy atom. The molecule has 0 aliphatic heterocycles. The van der Waals surface area contributed by atoms with E-state index in [0.717, 1.165) is 17.5 Å². The Hall–Kier alpha value is -0.450. The fourth-order valence-corrected chi connectivity index (χ4v) is 2.74. The van der Waals surface area contributed by atoms with Gasteiger partial charge in [0.1, 0.15) is 0 Å². The first-order valence-electron chi connectivity index (χ1n) is 6.76. The predicted molar refractivity (Wildman–Crippen MR) is 83.4 cm³/mol. The topological polar surface area (TPSA) is 34.1 Å². The van der Waals surface area contributed by atoms with Gasteiger partial charge < -0.3 is 10.1 Å². The third kappa shape index (κ3) is 5.21. The average Bonchev–Trinajstić information content (AvgIpc) is 2.32. The molecule has 0 saturated carbocycles. The highest BCUT2D eigenvalue weighted by atomic mass is 79.9. The van der Waals surface area contributed by atoms with Gasteiger partial charge in [0, 0.05) is 29.5 Å². The monoisotopic (exact) mass is 328 g/mol. The predicted octanol–water partition coefficient (Wildman–Crippen LogP) is 3.43. The maximum Gasteiger partial charge on any atom is 0.0779 e. The number of hydrogen-bond donors (Lipinski definition) is 1. The molecule has 0 amide bonds. The molecule has 1 rings (SSSR count). The van der Waals surface area contributed by atoms with Crippen LogP contribution < -0.4 is 5.32 Å². The Morgan fingerprint density at radius 1 is 1.37 bits per heavy atom. The van der Waals surface area contributed by atoms with E-state index in [9.17, 15) is 0 Å². The zero-order chi connectivity index (χ0) is 14.5. The second-order valence-corrected chi connectivity index (χ2v) is 6.77. The Kier molecular flexibility index (Phi) is 6.43. The quantitative estimate of drug-likeness (QED) is 0.868. The molecule has 0 fully saturated rings. The molecule has 19 heavy (non-hydrogen) atoms. The van der Waals surface area contributed by atoms with Gasteiger partial charge in [0.25, 0.3) is 0 Å². The summed E-state index contributed by atoms with van der Waals surface area (Å²) in [5.74, 6) is 0. The van der Waals surface area contributed by atoms with Crippen molar-refractivity contribution in [3.05, 3.63) is 28.5 Å². The number of nitrogens with zero attached hydrogens (tertiary/aromatic N) is 1. The first kappa shape index (κ1) is 16.6. The molecule has 0 radical (unpaired) electrons. The van der Waals surface area contributed by atoms with Crippen molar-refractivity contribution in [1.29, 1.82) is 0 Å². The minimum absolute atomic E-state index is 0.100. The molecule has 3 nitrogen and oxygen atoms in total. The van der Waals surface area contributed by atoms with Gasteiger partial charge in [0.2, 0.25) is 0 Å². The number of pyridine rings is 1. The van der Waals surface area contributed by atoms with E-state index in [-0.39, 0.29) is 17.6 Å². The smallest absolute Gasteiger partial charge is 0.0779 e. The first-order valence-corrected chi connectivity index (χ1v) is 7.56. The number of rotatable bonds is 6. The van der Waals surface area contributed by atoms with Crippen LogP contribution in [0.4, 0.5) is 0 Å². The number of likely N-dealkylation sites (N-methyl/N-ethyl adjacent to an activating group) is 1. The van der Waals surface area contributed by atoms with Crippen LogP contribution in [0.5, 0.6) is 0 Å². The van der Waals surface area contributed by atoms with Gasteiger partial charge in [-0.05, 0) is 53.4 Å². The van der Waals surface area contributed by atoms with Gasteiger partial charge in [0.05, 0.1) is 6.10 Å². The fraction of sp³-hybridized carbons (Fsp3) is 0.667. The van der Waals surface area contributed by atoms with Crippen molar-refractivity contribution in [1.82, 2.24) is 10.3 Å². The largest absolute Gasteiger partial charge is 0.376 e. The van der Waals surface area contributed by atoms with Crippen LogP contribution in [-0.2, 0) is 11.2 Å².